The van der Waals surface area contributed by atoms with Gasteiger partial charge in [0.1, 0.15) is 6.29 Å². The summed E-state index contributed by atoms with van der Waals surface area (Å²) in [6.45, 7) is 0.604. The zero-order valence-electron chi connectivity index (χ0n) is 8.18. The molecule has 0 aliphatic rings. The summed E-state index contributed by atoms with van der Waals surface area (Å²) in [5, 5.41) is 9.33. The SMILES string of the molecule is CC(O)(c1cc(Cl)cc(C=O)c1)C(F)(F)F. The standard InChI is InChI=1S/C10H8ClF3O2/c1-9(16,10(12,13)14)7-2-6(5-15)3-8(11)4-7/h2-5,16H,1H3. The largest absolute Gasteiger partial charge is 0.421 e. The van der Waals surface area contributed by atoms with Crippen LogP contribution in [0.25, 0.3) is 0 Å². The Morgan fingerprint density at radius 3 is 2.31 bits per heavy atom. The Labute approximate surface area is 94.6 Å². The van der Waals surface area contributed by atoms with Gasteiger partial charge in [0.05, 0.1) is 0 Å². The summed E-state index contributed by atoms with van der Waals surface area (Å²) in [4.78, 5) is 10.5. The third-order valence-electron chi connectivity index (χ3n) is 2.17. The van der Waals surface area contributed by atoms with Gasteiger partial charge in [0, 0.05) is 10.6 Å². The summed E-state index contributed by atoms with van der Waals surface area (Å²) in [7, 11) is 0. The first-order valence-electron chi connectivity index (χ1n) is 4.24. The number of aliphatic hydroxyl groups is 1. The highest BCUT2D eigenvalue weighted by atomic mass is 35.5. The van der Waals surface area contributed by atoms with Crippen molar-refractivity contribution in [2.24, 2.45) is 0 Å². The van der Waals surface area contributed by atoms with Crippen LogP contribution in [0.4, 0.5) is 13.2 Å². The molecule has 6 heteroatoms. The number of aldehydes is 1. The molecule has 88 valence electrons. The quantitative estimate of drug-likeness (QED) is 0.822. The van der Waals surface area contributed by atoms with E-state index in [4.69, 9.17) is 11.6 Å². The van der Waals surface area contributed by atoms with E-state index in [9.17, 15) is 23.1 Å². The zero-order chi connectivity index (χ0) is 12.6. The molecule has 1 aromatic carbocycles. The zero-order valence-corrected chi connectivity index (χ0v) is 8.93. The third kappa shape index (κ3) is 2.36. The highest BCUT2D eigenvalue weighted by Gasteiger charge is 2.51. The fraction of sp³-hybridized carbons (Fsp3) is 0.300. The molecule has 0 saturated heterocycles. The normalized spacial score (nSPS) is 15.6. The van der Waals surface area contributed by atoms with Crippen LogP contribution >= 0.6 is 11.6 Å². The van der Waals surface area contributed by atoms with Gasteiger partial charge in [-0.25, -0.2) is 0 Å². The number of benzene rings is 1. The van der Waals surface area contributed by atoms with E-state index < -0.39 is 17.3 Å². The Hall–Kier alpha value is -1.07. The molecule has 0 aliphatic heterocycles. The van der Waals surface area contributed by atoms with Crippen molar-refractivity contribution >= 4 is 17.9 Å². The second-order valence-corrected chi connectivity index (χ2v) is 3.90. The van der Waals surface area contributed by atoms with Gasteiger partial charge in [0.2, 0.25) is 0 Å². The number of hydrogen-bond donors (Lipinski definition) is 1. The van der Waals surface area contributed by atoms with Crippen molar-refractivity contribution in [3.63, 3.8) is 0 Å². The van der Waals surface area contributed by atoms with Crippen molar-refractivity contribution in [3.05, 3.63) is 34.3 Å². The second kappa shape index (κ2) is 4.07. The summed E-state index contributed by atoms with van der Waals surface area (Å²) in [5.74, 6) is 0. The van der Waals surface area contributed by atoms with Gasteiger partial charge in [-0.05, 0) is 30.7 Å². The molecular formula is C10H8ClF3O2. The molecule has 0 saturated carbocycles. The summed E-state index contributed by atoms with van der Waals surface area (Å²) >= 11 is 5.55. The van der Waals surface area contributed by atoms with Gasteiger partial charge in [-0.3, -0.25) is 4.79 Å². The topological polar surface area (TPSA) is 37.3 Å². The number of hydrogen-bond acceptors (Lipinski definition) is 2. The molecule has 1 aromatic rings. The number of rotatable bonds is 2. The van der Waals surface area contributed by atoms with Crippen molar-refractivity contribution in [3.8, 4) is 0 Å². The fourth-order valence-corrected chi connectivity index (χ4v) is 1.37. The lowest BCUT2D eigenvalue weighted by Gasteiger charge is -2.27. The monoisotopic (exact) mass is 252 g/mol. The molecule has 16 heavy (non-hydrogen) atoms. The molecular weight excluding hydrogens is 245 g/mol. The maximum Gasteiger partial charge on any atom is 0.421 e. The maximum atomic E-state index is 12.5. The third-order valence-corrected chi connectivity index (χ3v) is 2.39. The van der Waals surface area contributed by atoms with E-state index in [0.29, 0.717) is 13.2 Å². The Morgan fingerprint density at radius 2 is 1.88 bits per heavy atom. The van der Waals surface area contributed by atoms with Crippen LogP contribution in [0.1, 0.15) is 22.8 Å². The highest BCUT2D eigenvalue weighted by Crippen LogP contribution is 2.39. The first-order chi connectivity index (χ1) is 7.18. The van der Waals surface area contributed by atoms with E-state index in [0.717, 1.165) is 12.1 Å². The number of halogens is 4. The van der Waals surface area contributed by atoms with Crippen molar-refractivity contribution in [1.29, 1.82) is 0 Å². The second-order valence-electron chi connectivity index (χ2n) is 3.46. The predicted molar refractivity (Wildman–Crippen MR) is 52.5 cm³/mol. The van der Waals surface area contributed by atoms with E-state index in [-0.39, 0.29) is 10.6 Å². The van der Waals surface area contributed by atoms with E-state index >= 15 is 0 Å². The summed E-state index contributed by atoms with van der Waals surface area (Å²) in [6, 6.07) is 3.14. The molecule has 0 heterocycles. The van der Waals surface area contributed by atoms with Gasteiger partial charge in [-0.2, -0.15) is 13.2 Å². The van der Waals surface area contributed by atoms with Crippen LogP contribution in [-0.4, -0.2) is 17.6 Å². The van der Waals surface area contributed by atoms with Gasteiger partial charge in [0.15, 0.2) is 5.60 Å². The molecule has 0 amide bonds. The number of carbonyl (C=O) groups excluding carboxylic acids is 1. The van der Waals surface area contributed by atoms with Crippen LogP contribution in [0.15, 0.2) is 18.2 Å². The average Bonchev–Trinajstić information content (AvgIpc) is 2.15. The lowest BCUT2D eigenvalue weighted by molar-refractivity contribution is -0.258. The summed E-state index contributed by atoms with van der Waals surface area (Å²) in [5.41, 5.74) is -3.52. The van der Waals surface area contributed by atoms with E-state index in [1.807, 2.05) is 0 Å². The van der Waals surface area contributed by atoms with Crippen LogP contribution in [0.3, 0.4) is 0 Å². The van der Waals surface area contributed by atoms with Crippen LogP contribution in [0, 0.1) is 0 Å². The molecule has 0 aliphatic carbocycles. The Bertz CT molecular complexity index is 413. The van der Waals surface area contributed by atoms with Crippen molar-refractivity contribution in [2.75, 3.05) is 0 Å². The molecule has 1 atom stereocenters. The predicted octanol–water partition coefficient (Wildman–Crippen LogP) is 2.92. The Kier molecular flexibility index (Phi) is 3.30. The van der Waals surface area contributed by atoms with Gasteiger partial charge in [-0.15, -0.1) is 0 Å². The number of carbonyl (C=O) groups is 1. The molecule has 0 fully saturated rings. The average molecular weight is 253 g/mol. The van der Waals surface area contributed by atoms with E-state index in [1.54, 1.807) is 0 Å². The van der Waals surface area contributed by atoms with E-state index in [2.05, 4.69) is 0 Å². The van der Waals surface area contributed by atoms with Gasteiger partial charge < -0.3 is 5.11 Å². The Balaban J connectivity index is 3.33. The van der Waals surface area contributed by atoms with Gasteiger partial charge in [0.25, 0.3) is 0 Å². The lowest BCUT2D eigenvalue weighted by Crippen LogP contribution is -2.39. The first kappa shape index (κ1) is 13.0. The van der Waals surface area contributed by atoms with E-state index in [1.165, 1.54) is 6.07 Å². The molecule has 1 unspecified atom stereocenters. The van der Waals surface area contributed by atoms with Crippen LogP contribution in [0.2, 0.25) is 5.02 Å². The Morgan fingerprint density at radius 1 is 1.31 bits per heavy atom. The van der Waals surface area contributed by atoms with Crippen molar-refractivity contribution in [1.82, 2.24) is 0 Å². The van der Waals surface area contributed by atoms with Crippen molar-refractivity contribution in [2.45, 2.75) is 18.7 Å². The summed E-state index contributed by atoms with van der Waals surface area (Å²) in [6.07, 6.45) is -4.47. The van der Waals surface area contributed by atoms with Crippen molar-refractivity contribution < 1.29 is 23.1 Å². The molecule has 2 nitrogen and oxygen atoms in total. The minimum atomic E-state index is -4.84. The maximum absolute atomic E-state index is 12.5. The molecule has 0 aromatic heterocycles. The lowest BCUT2D eigenvalue weighted by atomic mass is 9.94. The smallest absolute Gasteiger partial charge is 0.376 e. The molecule has 1 rings (SSSR count). The minimum Gasteiger partial charge on any atom is -0.376 e. The fourth-order valence-electron chi connectivity index (χ4n) is 1.13. The molecule has 1 N–H and O–H groups in total. The molecule has 0 spiro atoms. The van der Waals surface area contributed by atoms with Gasteiger partial charge in [-0.1, -0.05) is 11.6 Å². The van der Waals surface area contributed by atoms with Gasteiger partial charge >= 0.3 is 6.18 Å². The highest BCUT2D eigenvalue weighted by molar-refractivity contribution is 6.30. The van der Waals surface area contributed by atoms with Crippen LogP contribution in [-0.2, 0) is 5.60 Å². The summed E-state index contributed by atoms with van der Waals surface area (Å²) < 4.78 is 37.5. The minimum absolute atomic E-state index is 0.0213. The molecule has 0 radical (unpaired) electrons. The van der Waals surface area contributed by atoms with Crippen LogP contribution in [0.5, 0.6) is 0 Å². The number of alkyl halides is 3. The van der Waals surface area contributed by atoms with Crippen LogP contribution < -0.4 is 0 Å². The first-order valence-corrected chi connectivity index (χ1v) is 4.61. The molecule has 0 bridgehead atoms.